The van der Waals surface area contributed by atoms with Crippen LogP contribution >= 0.6 is 0 Å². The van der Waals surface area contributed by atoms with Gasteiger partial charge in [-0.2, -0.15) is 0 Å². The molecule has 1 aromatic rings. The summed E-state index contributed by atoms with van der Waals surface area (Å²) in [6.45, 7) is 2.06. The number of nitrogens with zero attached hydrogens (tertiary/aromatic N) is 2. The summed E-state index contributed by atoms with van der Waals surface area (Å²) in [6, 6.07) is 0.253. The van der Waals surface area contributed by atoms with Crippen LogP contribution in [0.5, 0.6) is 0 Å². The van der Waals surface area contributed by atoms with Gasteiger partial charge in [0.2, 0.25) is 11.5 Å². The molecule has 6 nitrogen and oxygen atoms in total. The number of amides is 1. The number of carbonyl (C=O) groups is 1. The lowest BCUT2D eigenvalue weighted by Gasteiger charge is -1.98. The number of nitrogen functional groups attached to an aromatic ring is 1. The van der Waals surface area contributed by atoms with E-state index in [2.05, 4.69) is 27.2 Å². The molecule has 1 heterocycles. The van der Waals surface area contributed by atoms with Crippen molar-refractivity contribution in [1.82, 2.24) is 15.6 Å². The molecule has 1 aromatic heterocycles. The Morgan fingerprint density at radius 1 is 1.69 bits per heavy atom. The van der Waals surface area contributed by atoms with E-state index in [9.17, 15) is 4.79 Å². The highest BCUT2D eigenvalue weighted by atomic mass is 16.6. The number of anilines is 1. The van der Waals surface area contributed by atoms with Gasteiger partial charge in [-0.3, -0.25) is 4.79 Å². The average Bonchev–Trinajstić information content (AvgIpc) is 2.62. The molecule has 3 N–H and O–H groups in total. The number of hydrogen-bond donors (Lipinski definition) is 2. The predicted molar refractivity (Wildman–Crippen MR) is 43.7 cm³/mol. The Hall–Kier alpha value is -1.59. The van der Waals surface area contributed by atoms with Crippen LogP contribution in [0.25, 0.3) is 0 Å². The minimum Gasteiger partial charge on any atom is -0.379 e. The van der Waals surface area contributed by atoms with Crippen LogP contribution in [0.15, 0.2) is 4.63 Å². The molecule has 1 aliphatic rings. The zero-order valence-corrected chi connectivity index (χ0v) is 7.15. The first kappa shape index (κ1) is 8.03. The van der Waals surface area contributed by atoms with Gasteiger partial charge in [0, 0.05) is 6.04 Å². The third-order valence-electron chi connectivity index (χ3n) is 2.15. The molecule has 0 aromatic carbocycles. The Labute approximate surface area is 74.4 Å². The van der Waals surface area contributed by atoms with Crippen LogP contribution in [-0.4, -0.2) is 22.3 Å². The molecule has 0 bridgehead atoms. The average molecular weight is 182 g/mol. The van der Waals surface area contributed by atoms with E-state index in [1.54, 1.807) is 0 Å². The van der Waals surface area contributed by atoms with Crippen molar-refractivity contribution < 1.29 is 9.42 Å². The van der Waals surface area contributed by atoms with Crippen LogP contribution in [0.4, 0.5) is 5.82 Å². The van der Waals surface area contributed by atoms with Crippen LogP contribution < -0.4 is 11.1 Å². The normalized spacial score (nSPS) is 25.6. The van der Waals surface area contributed by atoms with E-state index in [1.165, 1.54) is 0 Å². The molecule has 1 amide bonds. The number of rotatable bonds is 2. The Morgan fingerprint density at radius 2 is 2.38 bits per heavy atom. The first-order valence-electron chi connectivity index (χ1n) is 4.07. The summed E-state index contributed by atoms with van der Waals surface area (Å²) in [7, 11) is 0. The maximum atomic E-state index is 11.4. The third-order valence-corrected chi connectivity index (χ3v) is 2.15. The smallest absolute Gasteiger partial charge is 0.277 e. The molecule has 1 aliphatic carbocycles. The van der Waals surface area contributed by atoms with Crippen molar-refractivity contribution in [2.45, 2.75) is 19.4 Å². The highest BCUT2D eigenvalue weighted by Gasteiger charge is 2.35. The van der Waals surface area contributed by atoms with Gasteiger partial charge in [-0.25, -0.2) is 4.63 Å². The summed E-state index contributed by atoms with van der Waals surface area (Å²) < 4.78 is 4.31. The van der Waals surface area contributed by atoms with E-state index in [4.69, 9.17) is 5.73 Å². The Kier molecular flexibility index (Phi) is 1.68. The van der Waals surface area contributed by atoms with E-state index in [0.29, 0.717) is 5.92 Å². The second-order valence-corrected chi connectivity index (χ2v) is 3.29. The molecule has 13 heavy (non-hydrogen) atoms. The molecule has 1 fully saturated rings. The highest BCUT2D eigenvalue weighted by Crippen LogP contribution is 2.29. The van der Waals surface area contributed by atoms with Crippen molar-refractivity contribution in [2.24, 2.45) is 5.92 Å². The third kappa shape index (κ3) is 1.47. The van der Waals surface area contributed by atoms with Crippen molar-refractivity contribution >= 4 is 11.7 Å². The lowest BCUT2D eigenvalue weighted by molar-refractivity contribution is 0.0940. The summed E-state index contributed by atoms with van der Waals surface area (Å²) in [5.74, 6) is 0.268. The molecule has 0 saturated heterocycles. The van der Waals surface area contributed by atoms with Crippen LogP contribution in [0.2, 0.25) is 0 Å². The van der Waals surface area contributed by atoms with Crippen molar-refractivity contribution in [3.05, 3.63) is 5.69 Å². The van der Waals surface area contributed by atoms with Gasteiger partial charge in [0.05, 0.1) is 0 Å². The van der Waals surface area contributed by atoms with Crippen LogP contribution in [-0.2, 0) is 0 Å². The number of nitrogens with one attached hydrogen (secondary N) is 1. The zero-order valence-electron chi connectivity index (χ0n) is 7.15. The van der Waals surface area contributed by atoms with Crippen LogP contribution in [0, 0.1) is 5.92 Å². The first-order chi connectivity index (χ1) is 6.18. The van der Waals surface area contributed by atoms with Crippen molar-refractivity contribution in [1.29, 1.82) is 0 Å². The molecular weight excluding hydrogens is 172 g/mol. The molecular formula is C7H10N4O2. The van der Waals surface area contributed by atoms with Gasteiger partial charge < -0.3 is 11.1 Å². The molecule has 1 saturated carbocycles. The summed E-state index contributed by atoms with van der Waals surface area (Å²) >= 11 is 0. The highest BCUT2D eigenvalue weighted by molar-refractivity contribution is 5.96. The number of aromatic nitrogens is 2. The van der Waals surface area contributed by atoms with E-state index in [0.717, 1.165) is 6.42 Å². The van der Waals surface area contributed by atoms with Gasteiger partial charge in [0.15, 0.2) is 0 Å². The molecule has 0 radical (unpaired) electrons. The summed E-state index contributed by atoms with van der Waals surface area (Å²) in [5.41, 5.74) is 5.41. The summed E-state index contributed by atoms with van der Waals surface area (Å²) in [5, 5.41) is 9.48. The van der Waals surface area contributed by atoms with Gasteiger partial charge in [0.1, 0.15) is 0 Å². The SMILES string of the molecule is CC1CC1NC(=O)c1nonc1N. The van der Waals surface area contributed by atoms with E-state index >= 15 is 0 Å². The van der Waals surface area contributed by atoms with E-state index < -0.39 is 0 Å². The topological polar surface area (TPSA) is 94.0 Å². The molecule has 2 rings (SSSR count). The lowest BCUT2D eigenvalue weighted by Crippen LogP contribution is -2.27. The van der Waals surface area contributed by atoms with Crippen molar-refractivity contribution in [3.63, 3.8) is 0 Å². The summed E-state index contributed by atoms with van der Waals surface area (Å²) in [6.07, 6.45) is 1.01. The minimum absolute atomic E-state index is 0.0332. The Balaban J connectivity index is 2.01. The van der Waals surface area contributed by atoms with Gasteiger partial charge in [-0.15, -0.1) is 0 Å². The van der Waals surface area contributed by atoms with E-state index in [-0.39, 0.29) is 23.5 Å². The summed E-state index contributed by atoms with van der Waals surface area (Å²) in [4.78, 5) is 11.4. The lowest BCUT2D eigenvalue weighted by atomic mass is 10.4. The molecule has 70 valence electrons. The van der Waals surface area contributed by atoms with E-state index in [1.807, 2.05) is 0 Å². The Bertz CT molecular complexity index is 335. The van der Waals surface area contributed by atoms with Gasteiger partial charge in [0.25, 0.3) is 5.91 Å². The second-order valence-electron chi connectivity index (χ2n) is 3.29. The zero-order chi connectivity index (χ0) is 9.42. The second kappa shape index (κ2) is 2.72. The number of nitrogens with two attached hydrogens (primary N) is 1. The fourth-order valence-electron chi connectivity index (χ4n) is 1.11. The quantitative estimate of drug-likeness (QED) is 0.660. The fraction of sp³-hybridized carbons (Fsp3) is 0.571. The van der Waals surface area contributed by atoms with Crippen molar-refractivity contribution in [3.8, 4) is 0 Å². The van der Waals surface area contributed by atoms with Gasteiger partial charge in [-0.05, 0) is 22.7 Å². The Morgan fingerprint density at radius 3 is 2.85 bits per heavy atom. The van der Waals surface area contributed by atoms with Crippen LogP contribution in [0.3, 0.4) is 0 Å². The number of hydrogen-bond acceptors (Lipinski definition) is 5. The monoisotopic (exact) mass is 182 g/mol. The van der Waals surface area contributed by atoms with Crippen LogP contribution in [0.1, 0.15) is 23.8 Å². The maximum absolute atomic E-state index is 11.4. The molecule has 2 atom stereocenters. The molecule has 0 aliphatic heterocycles. The number of carbonyl (C=O) groups excluding carboxylic acids is 1. The predicted octanol–water partition coefficient (Wildman–Crippen LogP) is -0.210. The van der Waals surface area contributed by atoms with Crippen molar-refractivity contribution in [2.75, 3.05) is 5.73 Å². The molecule has 2 unspecified atom stereocenters. The van der Waals surface area contributed by atoms with Gasteiger partial charge in [-0.1, -0.05) is 6.92 Å². The molecule has 0 spiro atoms. The molecule has 6 heteroatoms. The first-order valence-corrected chi connectivity index (χ1v) is 4.07. The van der Waals surface area contributed by atoms with Gasteiger partial charge >= 0.3 is 0 Å². The fourth-order valence-corrected chi connectivity index (χ4v) is 1.11. The minimum atomic E-state index is -0.312. The largest absolute Gasteiger partial charge is 0.379 e. The standard InChI is InChI=1S/C7H10N4O2/c1-3-2-4(3)9-7(12)5-6(8)11-13-10-5/h3-4H,2H2,1H3,(H2,8,11)(H,9,12). The maximum Gasteiger partial charge on any atom is 0.277 e.